The van der Waals surface area contributed by atoms with Crippen molar-refractivity contribution < 1.29 is 18.3 Å². The third-order valence-corrected chi connectivity index (χ3v) is 5.17. The topological polar surface area (TPSA) is 33.7 Å². The van der Waals surface area contributed by atoms with Gasteiger partial charge in [0.05, 0.1) is 0 Å². The zero-order valence-corrected chi connectivity index (χ0v) is 15.5. The van der Waals surface area contributed by atoms with E-state index < -0.39 is 6.29 Å². The van der Waals surface area contributed by atoms with Crippen LogP contribution in [0.4, 0.5) is 8.78 Å². The molecule has 1 saturated carbocycles. The Morgan fingerprint density at radius 3 is 2.44 bits per heavy atom. The summed E-state index contributed by atoms with van der Waals surface area (Å²) in [5.41, 5.74) is 0.855. The minimum Gasteiger partial charge on any atom is -0.395 e. The van der Waals surface area contributed by atoms with Gasteiger partial charge in [0.2, 0.25) is 0 Å². The van der Waals surface area contributed by atoms with Crippen LogP contribution in [0.25, 0.3) is 0 Å². The second-order valence-corrected chi connectivity index (χ2v) is 6.62. The van der Waals surface area contributed by atoms with E-state index in [0.29, 0.717) is 5.92 Å². The lowest BCUT2D eigenvalue weighted by Gasteiger charge is -2.38. The lowest BCUT2D eigenvalue weighted by atomic mass is 9.89. The van der Waals surface area contributed by atoms with Crippen molar-refractivity contribution in [3.05, 3.63) is 23.8 Å². The number of halogens is 4. The van der Waals surface area contributed by atoms with Gasteiger partial charge < -0.3 is 14.8 Å². The van der Waals surface area contributed by atoms with Crippen molar-refractivity contribution in [3.63, 3.8) is 0 Å². The van der Waals surface area contributed by atoms with Crippen LogP contribution >= 0.6 is 24.8 Å². The highest BCUT2D eigenvalue weighted by molar-refractivity contribution is 5.85. The predicted octanol–water partition coefficient (Wildman–Crippen LogP) is 3.99. The molecule has 0 amide bonds. The van der Waals surface area contributed by atoms with Crippen molar-refractivity contribution in [2.45, 2.75) is 38.0 Å². The van der Waals surface area contributed by atoms with Crippen molar-refractivity contribution >= 4 is 24.8 Å². The summed E-state index contributed by atoms with van der Waals surface area (Å²) in [6, 6.07) is 5.41. The van der Waals surface area contributed by atoms with Gasteiger partial charge in [0.1, 0.15) is 0 Å². The van der Waals surface area contributed by atoms with Gasteiger partial charge in [-0.1, -0.05) is 25.0 Å². The van der Waals surface area contributed by atoms with E-state index in [4.69, 9.17) is 4.74 Å². The quantitative estimate of drug-likeness (QED) is 0.837. The summed E-state index contributed by atoms with van der Waals surface area (Å²) in [5.74, 6) is 0.885. The van der Waals surface area contributed by atoms with Gasteiger partial charge in [0, 0.05) is 37.8 Å². The SMILES string of the molecule is Cl.Cl.FC1(F)Oc2cccc([C@H](C3CCCC3)N3CCNCC3)c2O1. The number of hydrogen-bond donors (Lipinski definition) is 1. The molecule has 1 saturated heterocycles. The third-order valence-electron chi connectivity index (χ3n) is 5.17. The van der Waals surface area contributed by atoms with Crippen molar-refractivity contribution in [2.75, 3.05) is 26.2 Å². The molecular formula is C17H24Cl2F2N2O2. The number of ether oxygens (including phenoxy) is 2. The molecule has 3 aliphatic rings. The fourth-order valence-electron chi connectivity index (χ4n) is 4.21. The molecule has 1 atom stereocenters. The van der Waals surface area contributed by atoms with Crippen LogP contribution in [0.15, 0.2) is 18.2 Å². The number of benzene rings is 1. The molecule has 0 radical (unpaired) electrons. The monoisotopic (exact) mass is 396 g/mol. The number of para-hydroxylation sites is 1. The van der Waals surface area contributed by atoms with Crippen molar-refractivity contribution in [3.8, 4) is 11.5 Å². The summed E-state index contributed by atoms with van der Waals surface area (Å²) >= 11 is 0. The molecule has 2 heterocycles. The zero-order valence-electron chi connectivity index (χ0n) is 13.9. The maximum atomic E-state index is 13.5. The smallest absolute Gasteiger partial charge is 0.395 e. The first-order valence-corrected chi connectivity index (χ1v) is 8.47. The molecule has 4 nitrogen and oxygen atoms in total. The van der Waals surface area contributed by atoms with Crippen LogP contribution in [0.1, 0.15) is 37.3 Å². The van der Waals surface area contributed by atoms with Crippen LogP contribution in [-0.2, 0) is 0 Å². The number of hydrogen-bond acceptors (Lipinski definition) is 4. The molecule has 0 spiro atoms. The first-order chi connectivity index (χ1) is 11.1. The number of rotatable bonds is 3. The Morgan fingerprint density at radius 2 is 1.76 bits per heavy atom. The maximum absolute atomic E-state index is 13.5. The van der Waals surface area contributed by atoms with Crippen LogP contribution in [0.3, 0.4) is 0 Å². The maximum Gasteiger partial charge on any atom is 0.586 e. The Morgan fingerprint density at radius 1 is 1.08 bits per heavy atom. The van der Waals surface area contributed by atoms with Crippen molar-refractivity contribution in [1.82, 2.24) is 10.2 Å². The number of alkyl halides is 2. The normalized spacial score (nSPS) is 23.6. The van der Waals surface area contributed by atoms with E-state index in [1.807, 2.05) is 6.07 Å². The minimum absolute atomic E-state index is 0. The Balaban J connectivity index is 0.00000113. The van der Waals surface area contributed by atoms with E-state index in [1.54, 1.807) is 12.1 Å². The molecule has 1 aliphatic carbocycles. The zero-order chi connectivity index (χ0) is 15.9. The van der Waals surface area contributed by atoms with Crippen LogP contribution in [0, 0.1) is 5.92 Å². The molecule has 1 N–H and O–H groups in total. The summed E-state index contributed by atoms with van der Waals surface area (Å²) in [5, 5.41) is 3.36. The molecule has 0 bridgehead atoms. The molecule has 8 heteroatoms. The summed E-state index contributed by atoms with van der Waals surface area (Å²) in [4.78, 5) is 2.42. The molecule has 25 heavy (non-hydrogen) atoms. The molecule has 2 aliphatic heterocycles. The summed E-state index contributed by atoms with van der Waals surface area (Å²) in [6.45, 7) is 3.74. The van der Waals surface area contributed by atoms with E-state index in [9.17, 15) is 8.78 Å². The highest BCUT2D eigenvalue weighted by atomic mass is 35.5. The lowest BCUT2D eigenvalue weighted by molar-refractivity contribution is -0.287. The van der Waals surface area contributed by atoms with E-state index >= 15 is 0 Å². The van der Waals surface area contributed by atoms with Crippen LogP contribution in [0.5, 0.6) is 11.5 Å². The first-order valence-electron chi connectivity index (χ1n) is 8.47. The van der Waals surface area contributed by atoms with Gasteiger partial charge in [-0.25, -0.2) is 0 Å². The third kappa shape index (κ3) is 4.13. The van der Waals surface area contributed by atoms with Crippen molar-refractivity contribution in [1.29, 1.82) is 0 Å². The minimum atomic E-state index is -3.55. The molecule has 142 valence electrons. The first kappa shape index (κ1) is 20.5. The Hall–Kier alpha value is -0.820. The van der Waals surface area contributed by atoms with Crippen LogP contribution in [-0.4, -0.2) is 37.4 Å². The molecular weight excluding hydrogens is 373 g/mol. The van der Waals surface area contributed by atoms with E-state index in [-0.39, 0.29) is 42.4 Å². The fraction of sp³-hybridized carbons (Fsp3) is 0.647. The van der Waals surface area contributed by atoms with E-state index in [2.05, 4.69) is 15.0 Å². The van der Waals surface area contributed by atoms with Crippen molar-refractivity contribution in [2.24, 2.45) is 5.92 Å². The average molecular weight is 397 g/mol. The van der Waals surface area contributed by atoms with Gasteiger partial charge in [-0.15, -0.1) is 33.6 Å². The molecule has 0 aromatic heterocycles. The van der Waals surface area contributed by atoms with E-state index in [0.717, 1.165) is 44.6 Å². The number of piperazine rings is 1. The summed E-state index contributed by atoms with van der Waals surface area (Å²) < 4.78 is 36.6. The Labute approximate surface area is 159 Å². The van der Waals surface area contributed by atoms with E-state index in [1.165, 1.54) is 12.8 Å². The highest BCUT2D eigenvalue weighted by Crippen LogP contribution is 2.49. The molecule has 1 aromatic carbocycles. The second kappa shape index (κ2) is 8.25. The molecule has 2 fully saturated rings. The Kier molecular flexibility index (Phi) is 6.76. The molecule has 0 unspecified atom stereocenters. The predicted molar refractivity (Wildman–Crippen MR) is 96.3 cm³/mol. The standard InChI is InChI=1S/C17H22F2N2O2.2ClH/c18-17(19)22-14-7-3-6-13(16(14)23-17)15(12-4-1-2-5-12)21-10-8-20-9-11-21;;/h3,6-7,12,15,20H,1-2,4-5,8-11H2;2*1H/t15-;;/m0../s1. The fourth-order valence-corrected chi connectivity index (χ4v) is 4.21. The van der Waals surface area contributed by atoms with Gasteiger partial charge in [0.15, 0.2) is 11.5 Å². The van der Waals surface area contributed by atoms with Gasteiger partial charge in [0.25, 0.3) is 0 Å². The number of nitrogens with zero attached hydrogens (tertiary/aromatic N) is 1. The van der Waals surface area contributed by atoms with Crippen LogP contribution in [0.2, 0.25) is 0 Å². The largest absolute Gasteiger partial charge is 0.586 e. The van der Waals surface area contributed by atoms with Gasteiger partial charge in [-0.05, 0) is 24.8 Å². The Bertz CT molecular complexity index is 580. The lowest BCUT2D eigenvalue weighted by Crippen LogP contribution is -2.46. The summed E-state index contributed by atoms with van der Waals surface area (Å²) in [7, 11) is 0. The molecule has 4 rings (SSSR count). The van der Waals surface area contributed by atoms with Gasteiger partial charge >= 0.3 is 6.29 Å². The number of fused-ring (bicyclic) bond motifs is 1. The number of nitrogens with one attached hydrogen (secondary N) is 1. The molecule has 1 aromatic rings. The van der Waals surface area contributed by atoms with Gasteiger partial charge in [-0.3, -0.25) is 4.90 Å². The van der Waals surface area contributed by atoms with Crippen LogP contribution < -0.4 is 14.8 Å². The highest BCUT2D eigenvalue weighted by Gasteiger charge is 2.46. The van der Waals surface area contributed by atoms with Gasteiger partial charge in [-0.2, -0.15) is 0 Å². The second-order valence-electron chi connectivity index (χ2n) is 6.62. The average Bonchev–Trinajstić information content (AvgIpc) is 3.15. The summed E-state index contributed by atoms with van der Waals surface area (Å²) in [6.07, 6.45) is 1.18.